The number of carbonyl (C=O) groups is 1. The lowest BCUT2D eigenvalue weighted by Crippen LogP contribution is -2.29. The van der Waals surface area contributed by atoms with Crippen molar-refractivity contribution < 1.29 is 9.53 Å². The van der Waals surface area contributed by atoms with Crippen molar-refractivity contribution in [1.29, 1.82) is 0 Å². The van der Waals surface area contributed by atoms with Crippen LogP contribution in [0.25, 0.3) is 0 Å². The first-order valence-electron chi connectivity index (χ1n) is 10.1. The molecule has 3 aromatic carbocycles. The van der Waals surface area contributed by atoms with Crippen molar-refractivity contribution in [3.8, 4) is 11.5 Å². The number of ether oxygens (including phenoxy) is 1. The van der Waals surface area contributed by atoms with Gasteiger partial charge in [0.2, 0.25) is 5.91 Å². The van der Waals surface area contributed by atoms with E-state index in [0.29, 0.717) is 0 Å². The van der Waals surface area contributed by atoms with Crippen molar-refractivity contribution in [3.05, 3.63) is 83.9 Å². The number of rotatable bonds is 4. The number of para-hydroxylation sites is 3. The van der Waals surface area contributed by atoms with Gasteiger partial charge in [0.1, 0.15) is 5.75 Å². The lowest BCUT2D eigenvalue weighted by Gasteiger charge is -2.24. The number of nitrogens with one attached hydrogen (secondary N) is 1. The van der Waals surface area contributed by atoms with Crippen LogP contribution >= 0.6 is 0 Å². The number of carbonyl (C=O) groups excluding carboxylic acids is 1. The molecule has 1 aliphatic heterocycles. The van der Waals surface area contributed by atoms with Crippen LogP contribution in [0.5, 0.6) is 11.5 Å². The first-order valence-corrected chi connectivity index (χ1v) is 10.1. The van der Waals surface area contributed by atoms with E-state index in [2.05, 4.69) is 18.3 Å². The summed E-state index contributed by atoms with van der Waals surface area (Å²) in [6, 6.07) is 24.3. The fourth-order valence-electron chi connectivity index (χ4n) is 3.83. The zero-order valence-corrected chi connectivity index (χ0v) is 16.9. The molecule has 0 fully saturated rings. The maximum absolute atomic E-state index is 12.1. The summed E-state index contributed by atoms with van der Waals surface area (Å²) in [7, 11) is 0. The first-order chi connectivity index (χ1) is 14.1. The monoisotopic (exact) mass is 386 g/mol. The highest BCUT2D eigenvalue weighted by Crippen LogP contribution is 2.38. The Hall–Kier alpha value is -3.27. The van der Waals surface area contributed by atoms with Crippen LogP contribution in [0, 0.1) is 6.92 Å². The molecule has 0 spiro atoms. The SMILES string of the molecule is CC(=O)N1CCCC(Nc2ccccc2Oc2ccc(C)cc2)c2ccccc21. The lowest BCUT2D eigenvalue weighted by atomic mass is 10.0. The predicted octanol–water partition coefficient (Wildman–Crippen LogP) is 6.09. The maximum Gasteiger partial charge on any atom is 0.223 e. The third-order valence-corrected chi connectivity index (χ3v) is 5.32. The third-order valence-electron chi connectivity index (χ3n) is 5.32. The van der Waals surface area contributed by atoms with Gasteiger partial charge in [-0.25, -0.2) is 0 Å². The largest absolute Gasteiger partial charge is 0.455 e. The van der Waals surface area contributed by atoms with Gasteiger partial charge < -0.3 is 15.0 Å². The Kier molecular flexibility index (Phi) is 5.52. The number of hydrogen-bond donors (Lipinski definition) is 1. The summed E-state index contributed by atoms with van der Waals surface area (Å²) in [5, 5.41) is 3.67. The normalized spacial score (nSPS) is 15.9. The highest BCUT2D eigenvalue weighted by atomic mass is 16.5. The van der Waals surface area contributed by atoms with Crippen LogP contribution in [0.4, 0.5) is 11.4 Å². The summed E-state index contributed by atoms with van der Waals surface area (Å²) >= 11 is 0. The molecule has 0 aromatic heterocycles. The smallest absolute Gasteiger partial charge is 0.223 e. The van der Waals surface area contributed by atoms with Gasteiger partial charge in [-0.15, -0.1) is 0 Å². The Bertz CT molecular complexity index is 998. The number of amides is 1. The van der Waals surface area contributed by atoms with E-state index < -0.39 is 0 Å². The minimum absolute atomic E-state index is 0.0844. The Balaban J connectivity index is 1.63. The number of anilines is 2. The van der Waals surface area contributed by atoms with E-state index in [-0.39, 0.29) is 11.9 Å². The number of aryl methyl sites for hydroxylation is 1. The highest BCUT2D eigenvalue weighted by molar-refractivity contribution is 5.92. The Morgan fingerprint density at radius 3 is 2.52 bits per heavy atom. The molecular formula is C25H26N2O2. The van der Waals surface area contributed by atoms with Crippen molar-refractivity contribution in [2.45, 2.75) is 32.7 Å². The fourth-order valence-corrected chi connectivity index (χ4v) is 3.83. The second kappa shape index (κ2) is 8.39. The number of benzene rings is 3. The van der Waals surface area contributed by atoms with Crippen molar-refractivity contribution in [3.63, 3.8) is 0 Å². The number of hydrogen-bond acceptors (Lipinski definition) is 3. The van der Waals surface area contributed by atoms with Crippen LogP contribution in [0.1, 0.15) is 36.9 Å². The zero-order valence-electron chi connectivity index (χ0n) is 16.9. The Morgan fingerprint density at radius 2 is 1.72 bits per heavy atom. The van der Waals surface area contributed by atoms with Gasteiger partial charge in [-0.2, -0.15) is 0 Å². The molecule has 1 amide bonds. The van der Waals surface area contributed by atoms with E-state index in [4.69, 9.17) is 4.74 Å². The van der Waals surface area contributed by atoms with E-state index in [1.807, 2.05) is 71.6 Å². The van der Waals surface area contributed by atoms with E-state index in [1.165, 1.54) is 5.56 Å². The molecule has 4 heteroatoms. The van der Waals surface area contributed by atoms with Crippen LogP contribution in [-0.2, 0) is 4.79 Å². The van der Waals surface area contributed by atoms with E-state index in [0.717, 1.165) is 47.8 Å². The van der Waals surface area contributed by atoms with Crippen molar-refractivity contribution in [2.24, 2.45) is 0 Å². The molecule has 0 saturated carbocycles. The second-order valence-corrected chi connectivity index (χ2v) is 7.48. The summed E-state index contributed by atoms with van der Waals surface area (Å²) in [5.41, 5.74) is 4.29. The van der Waals surface area contributed by atoms with Crippen molar-refractivity contribution >= 4 is 17.3 Å². The first kappa shape index (κ1) is 19.1. The average molecular weight is 386 g/mol. The quantitative estimate of drug-likeness (QED) is 0.590. The summed E-state index contributed by atoms with van der Waals surface area (Å²) in [5.74, 6) is 1.69. The molecule has 29 heavy (non-hydrogen) atoms. The molecule has 3 aromatic rings. The second-order valence-electron chi connectivity index (χ2n) is 7.48. The van der Waals surface area contributed by atoms with E-state index >= 15 is 0 Å². The molecular weight excluding hydrogens is 360 g/mol. The molecule has 1 unspecified atom stereocenters. The zero-order chi connectivity index (χ0) is 20.2. The number of fused-ring (bicyclic) bond motifs is 1. The molecule has 0 saturated heterocycles. The summed E-state index contributed by atoms with van der Waals surface area (Å²) in [6.07, 6.45) is 1.88. The predicted molar refractivity (Wildman–Crippen MR) is 118 cm³/mol. The molecule has 0 aliphatic carbocycles. The van der Waals surface area contributed by atoms with Gasteiger partial charge in [0, 0.05) is 19.2 Å². The van der Waals surface area contributed by atoms with Gasteiger partial charge in [-0.1, -0.05) is 48.0 Å². The summed E-state index contributed by atoms with van der Waals surface area (Å²) < 4.78 is 6.16. The van der Waals surface area contributed by atoms with Gasteiger partial charge in [0.25, 0.3) is 0 Å². The van der Waals surface area contributed by atoms with Gasteiger partial charge in [0.15, 0.2) is 5.75 Å². The van der Waals surface area contributed by atoms with Crippen molar-refractivity contribution in [2.75, 3.05) is 16.8 Å². The maximum atomic E-state index is 12.1. The topological polar surface area (TPSA) is 41.6 Å². The van der Waals surface area contributed by atoms with E-state index in [1.54, 1.807) is 6.92 Å². The Labute approximate surface area is 172 Å². The molecule has 148 valence electrons. The lowest BCUT2D eigenvalue weighted by molar-refractivity contribution is -0.116. The summed E-state index contributed by atoms with van der Waals surface area (Å²) in [4.78, 5) is 14.0. The van der Waals surface area contributed by atoms with Gasteiger partial charge in [-0.05, 0) is 55.7 Å². The molecule has 0 bridgehead atoms. The Morgan fingerprint density at radius 1 is 1.00 bits per heavy atom. The molecule has 4 rings (SSSR count). The average Bonchev–Trinajstić information content (AvgIpc) is 2.91. The minimum atomic E-state index is 0.0844. The van der Waals surface area contributed by atoms with Crippen LogP contribution < -0.4 is 15.0 Å². The van der Waals surface area contributed by atoms with Crippen LogP contribution in [0.3, 0.4) is 0 Å². The molecule has 1 atom stereocenters. The third kappa shape index (κ3) is 4.27. The molecule has 1 N–H and O–H groups in total. The molecule has 4 nitrogen and oxygen atoms in total. The van der Waals surface area contributed by atoms with Crippen LogP contribution in [-0.4, -0.2) is 12.5 Å². The van der Waals surface area contributed by atoms with Crippen LogP contribution in [0.2, 0.25) is 0 Å². The van der Waals surface area contributed by atoms with E-state index in [9.17, 15) is 4.79 Å². The fraction of sp³-hybridized carbons (Fsp3) is 0.240. The summed E-state index contributed by atoms with van der Waals surface area (Å²) in [6.45, 7) is 4.44. The van der Waals surface area contributed by atoms with Gasteiger partial charge >= 0.3 is 0 Å². The molecule has 1 heterocycles. The van der Waals surface area contributed by atoms with Crippen LogP contribution in [0.15, 0.2) is 72.8 Å². The number of nitrogens with zero attached hydrogens (tertiary/aromatic N) is 1. The minimum Gasteiger partial charge on any atom is -0.455 e. The van der Waals surface area contributed by atoms with Crippen molar-refractivity contribution in [1.82, 2.24) is 0 Å². The highest BCUT2D eigenvalue weighted by Gasteiger charge is 2.25. The standard InChI is InChI=1S/C25H26N2O2/c1-18-13-15-20(16-14-18)29-25-12-6-4-9-23(25)26-22-10-7-17-27(19(2)28)24-11-5-3-8-21(22)24/h3-6,8-9,11-16,22,26H,7,10,17H2,1-2H3. The molecule has 1 aliphatic rings. The van der Waals surface area contributed by atoms with Gasteiger partial charge in [0.05, 0.1) is 11.7 Å². The van der Waals surface area contributed by atoms with Gasteiger partial charge in [-0.3, -0.25) is 4.79 Å². The molecule has 0 radical (unpaired) electrons.